The first-order chi connectivity index (χ1) is 6.79. The van der Waals surface area contributed by atoms with Crippen LogP contribution < -0.4 is 0 Å². The van der Waals surface area contributed by atoms with Gasteiger partial charge in [0.05, 0.1) is 0 Å². The van der Waals surface area contributed by atoms with E-state index >= 15 is 0 Å². The second kappa shape index (κ2) is 7.02. The van der Waals surface area contributed by atoms with E-state index in [4.69, 9.17) is 0 Å². The molecule has 0 bridgehead atoms. The van der Waals surface area contributed by atoms with Gasteiger partial charge in [0.25, 0.3) is 0 Å². The van der Waals surface area contributed by atoms with Crippen LogP contribution >= 0.6 is 24.6 Å². The molecule has 0 aromatic heterocycles. The highest BCUT2D eigenvalue weighted by Crippen LogP contribution is 2.31. The standard InChI is InChI=1S/C11H23NS2/c1-3-10(2)12(14-9-8-13)11-6-4-5-7-11/h10-11,13H,3-9H2,1-2H3. The minimum absolute atomic E-state index is 0.725. The molecule has 84 valence electrons. The van der Waals surface area contributed by atoms with Gasteiger partial charge in [-0.05, 0) is 26.2 Å². The lowest BCUT2D eigenvalue weighted by Crippen LogP contribution is -2.34. The van der Waals surface area contributed by atoms with Crippen LogP contribution in [0, 0.1) is 0 Å². The molecule has 1 rings (SSSR count). The summed E-state index contributed by atoms with van der Waals surface area (Å²) in [5, 5.41) is 0. The average molecular weight is 233 g/mol. The van der Waals surface area contributed by atoms with Crippen molar-refractivity contribution in [3.8, 4) is 0 Å². The van der Waals surface area contributed by atoms with Crippen LogP contribution in [-0.4, -0.2) is 27.9 Å². The Labute approximate surface area is 98.6 Å². The van der Waals surface area contributed by atoms with Crippen molar-refractivity contribution in [2.24, 2.45) is 0 Å². The van der Waals surface area contributed by atoms with Crippen LogP contribution in [0.15, 0.2) is 0 Å². The third-order valence-electron chi connectivity index (χ3n) is 3.04. The third-order valence-corrected chi connectivity index (χ3v) is 4.91. The minimum atomic E-state index is 0.725. The van der Waals surface area contributed by atoms with Gasteiger partial charge in [0.1, 0.15) is 0 Å². The summed E-state index contributed by atoms with van der Waals surface area (Å²) in [5.74, 6) is 2.15. The van der Waals surface area contributed by atoms with Gasteiger partial charge in [-0.3, -0.25) is 0 Å². The first-order valence-corrected chi connectivity index (χ1v) is 7.39. The smallest absolute Gasteiger partial charge is 0.0205 e. The Bertz CT molecular complexity index is 146. The van der Waals surface area contributed by atoms with Crippen molar-refractivity contribution in [3.63, 3.8) is 0 Å². The maximum Gasteiger partial charge on any atom is 0.0205 e. The normalized spacial score (nSPS) is 20.6. The van der Waals surface area contributed by atoms with Crippen molar-refractivity contribution in [2.75, 3.05) is 11.5 Å². The fourth-order valence-corrected chi connectivity index (χ4v) is 3.44. The number of rotatable bonds is 6. The van der Waals surface area contributed by atoms with Gasteiger partial charge < -0.3 is 0 Å². The van der Waals surface area contributed by atoms with Gasteiger partial charge >= 0.3 is 0 Å². The predicted octanol–water partition coefficient (Wildman–Crippen LogP) is 3.61. The molecule has 1 aliphatic rings. The molecular formula is C11H23NS2. The molecule has 0 aromatic rings. The molecular weight excluding hydrogens is 210 g/mol. The maximum atomic E-state index is 4.29. The van der Waals surface area contributed by atoms with Gasteiger partial charge in [0.2, 0.25) is 0 Å². The van der Waals surface area contributed by atoms with Crippen LogP contribution in [0.3, 0.4) is 0 Å². The summed E-state index contributed by atoms with van der Waals surface area (Å²) in [4.78, 5) is 0. The molecule has 1 aliphatic carbocycles. The number of nitrogens with zero attached hydrogens (tertiary/aromatic N) is 1. The van der Waals surface area contributed by atoms with Crippen molar-refractivity contribution < 1.29 is 0 Å². The van der Waals surface area contributed by atoms with E-state index in [2.05, 4.69) is 30.8 Å². The SMILES string of the molecule is CCC(C)N(SCCS)C1CCCC1. The highest BCUT2D eigenvalue weighted by Gasteiger charge is 2.25. The molecule has 1 nitrogen and oxygen atoms in total. The van der Waals surface area contributed by atoms with Gasteiger partial charge in [0, 0.05) is 23.6 Å². The Morgan fingerprint density at radius 2 is 2.07 bits per heavy atom. The topological polar surface area (TPSA) is 3.24 Å². The highest BCUT2D eigenvalue weighted by atomic mass is 32.2. The zero-order valence-corrected chi connectivity index (χ0v) is 11.1. The third kappa shape index (κ3) is 3.67. The van der Waals surface area contributed by atoms with Crippen LogP contribution in [0.1, 0.15) is 46.0 Å². The zero-order valence-electron chi connectivity index (χ0n) is 9.41. The number of thiol groups is 1. The highest BCUT2D eigenvalue weighted by molar-refractivity contribution is 7.97. The molecule has 1 saturated carbocycles. The molecule has 0 aromatic carbocycles. The van der Waals surface area contributed by atoms with Gasteiger partial charge in [-0.2, -0.15) is 12.6 Å². The summed E-state index contributed by atoms with van der Waals surface area (Å²) >= 11 is 6.30. The monoisotopic (exact) mass is 233 g/mol. The Kier molecular flexibility index (Phi) is 6.38. The van der Waals surface area contributed by atoms with E-state index in [9.17, 15) is 0 Å². The van der Waals surface area contributed by atoms with Crippen molar-refractivity contribution >= 4 is 24.6 Å². The first kappa shape index (κ1) is 12.7. The van der Waals surface area contributed by atoms with E-state index in [-0.39, 0.29) is 0 Å². The molecule has 0 radical (unpaired) electrons. The molecule has 1 fully saturated rings. The summed E-state index contributed by atoms with van der Waals surface area (Å²) < 4.78 is 2.64. The summed E-state index contributed by atoms with van der Waals surface area (Å²) in [6.45, 7) is 4.64. The van der Waals surface area contributed by atoms with E-state index < -0.39 is 0 Å². The zero-order chi connectivity index (χ0) is 10.4. The summed E-state index contributed by atoms with van der Waals surface area (Å²) in [7, 11) is 0. The van der Waals surface area contributed by atoms with E-state index in [0.717, 1.165) is 23.6 Å². The second-order valence-corrected chi connectivity index (χ2v) is 5.65. The number of hydrogen-bond donors (Lipinski definition) is 1. The van der Waals surface area contributed by atoms with Crippen LogP contribution in [0.25, 0.3) is 0 Å². The Balaban J connectivity index is 2.42. The van der Waals surface area contributed by atoms with Gasteiger partial charge in [0.15, 0.2) is 0 Å². The van der Waals surface area contributed by atoms with E-state index in [1.165, 1.54) is 32.1 Å². The van der Waals surface area contributed by atoms with Crippen LogP contribution in [0.4, 0.5) is 0 Å². The van der Waals surface area contributed by atoms with E-state index in [1.54, 1.807) is 0 Å². The van der Waals surface area contributed by atoms with Crippen molar-refractivity contribution in [1.82, 2.24) is 4.31 Å². The summed E-state index contributed by atoms with van der Waals surface area (Å²) in [5.41, 5.74) is 0. The molecule has 0 saturated heterocycles. The predicted molar refractivity (Wildman–Crippen MR) is 70.2 cm³/mol. The lowest BCUT2D eigenvalue weighted by Gasteiger charge is -2.32. The Hall–Kier alpha value is 0.660. The van der Waals surface area contributed by atoms with Crippen molar-refractivity contribution in [3.05, 3.63) is 0 Å². The Morgan fingerprint density at radius 3 is 2.57 bits per heavy atom. The van der Waals surface area contributed by atoms with Crippen LogP contribution in [0.2, 0.25) is 0 Å². The number of hydrogen-bond acceptors (Lipinski definition) is 3. The van der Waals surface area contributed by atoms with E-state index in [0.29, 0.717) is 0 Å². The Morgan fingerprint density at radius 1 is 1.43 bits per heavy atom. The summed E-state index contributed by atoms with van der Waals surface area (Å²) in [6.07, 6.45) is 6.93. The quantitative estimate of drug-likeness (QED) is 0.551. The molecule has 1 atom stereocenters. The van der Waals surface area contributed by atoms with Gasteiger partial charge in [-0.1, -0.05) is 31.7 Å². The molecule has 0 N–H and O–H groups in total. The largest absolute Gasteiger partial charge is 0.245 e. The first-order valence-electron chi connectivity index (χ1n) is 5.81. The molecule has 0 spiro atoms. The van der Waals surface area contributed by atoms with E-state index in [1.807, 2.05) is 11.9 Å². The van der Waals surface area contributed by atoms with Crippen molar-refractivity contribution in [1.29, 1.82) is 0 Å². The second-order valence-electron chi connectivity index (χ2n) is 4.11. The lowest BCUT2D eigenvalue weighted by molar-refractivity contribution is 0.283. The maximum absolute atomic E-state index is 4.29. The van der Waals surface area contributed by atoms with Gasteiger partial charge in [-0.25, -0.2) is 4.31 Å². The molecule has 14 heavy (non-hydrogen) atoms. The van der Waals surface area contributed by atoms with Gasteiger partial charge in [-0.15, -0.1) is 0 Å². The van der Waals surface area contributed by atoms with Crippen molar-refractivity contribution in [2.45, 2.75) is 58.0 Å². The molecule has 0 heterocycles. The fraction of sp³-hybridized carbons (Fsp3) is 1.00. The van der Waals surface area contributed by atoms with Crippen LogP contribution in [-0.2, 0) is 0 Å². The molecule has 1 unspecified atom stereocenters. The lowest BCUT2D eigenvalue weighted by atomic mass is 10.2. The minimum Gasteiger partial charge on any atom is -0.245 e. The fourth-order valence-electron chi connectivity index (χ4n) is 2.08. The molecule has 3 heteroatoms. The molecule has 0 aliphatic heterocycles. The average Bonchev–Trinajstić information content (AvgIpc) is 2.71. The molecule has 0 amide bonds. The van der Waals surface area contributed by atoms with Crippen LogP contribution in [0.5, 0.6) is 0 Å². The summed E-state index contributed by atoms with van der Waals surface area (Å²) in [6, 6.07) is 1.57.